The van der Waals surface area contributed by atoms with E-state index in [1.165, 1.54) is 23.2 Å². The van der Waals surface area contributed by atoms with Gasteiger partial charge in [0.2, 0.25) is 0 Å². The van der Waals surface area contributed by atoms with Crippen LogP contribution in [0.3, 0.4) is 0 Å². The summed E-state index contributed by atoms with van der Waals surface area (Å²) in [6.45, 7) is -1.60. The Bertz CT molecular complexity index is 1370. The second-order valence-corrected chi connectivity index (χ2v) is 7.57. The molecule has 0 unspecified atom stereocenters. The molecule has 5 rings (SSSR count). The Morgan fingerprint density at radius 1 is 1.23 bits per heavy atom. The molecule has 0 saturated carbocycles. The van der Waals surface area contributed by atoms with Gasteiger partial charge in [-0.1, -0.05) is 0 Å². The van der Waals surface area contributed by atoms with Crippen molar-refractivity contribution in [2.45, 2.75) is 39.1 Å². The number of alkyl halides is 1. The largest absolute Gasteiger partial charge is 0.490 e. The Balaban J connectivity index is 1.34. The van der Waals surface area contributed by atoms with Crippen molar-refractivity contribution in [2.24, 2.45) is 0 Å². The van der Waals surface area contributed by atoms with Gasteiger partial charge in [0, 0.05) is 37.7 Å². The fourth-order valence-corrected chi connectivity index (χ4v) is 3.89. The molecule has 1 fully saturated rings. The molecule has 1 aromatic carbocycles. The van der Waals surface area contributed by atoms with Crippen molar-refractivity contribution in [2.75, 3.05) is 24.6 Å². The molecule has 4 heterocycles. The van der Waals surface area contributed by atoms with Crippen LogP contribution in [0, 0.1) is 13.8 Å². The van der Waals surface area contributed by atoms with Gasteiger partial charge in [-0.3, -0.25) is 4.79 Å². The fraction of sp³-hybridized carbons (Fsp3) is 0.409. The zero-order chi connectivity index (χ0) is 25.1. The molecule has 0 amide bonds. The van der Waals surface area contributed by atoms with Crippen LogP contribution in [0.4, 0.5) is 10.2 Å². The van der Waals surface area contributed by atoms with Gasteiger partial charge in [0.05, 0.1) is 5.48 Å². The average molecular weight is 430 g/mol. The summed E-state index contributed by atoms with van der Waals surface area (Å²) in [6.07, 6.45) is 0.0282. The molecule has 0 radical (unpaired) electrons. The molecule has 9 heteroatoms. The summed E-state index contributed by atoms with van der Waals surface area (Å²) in [5.74, 6) is 0.819. The summed E-state index contributed by atoms with van der Waals surface area (Å²) in [7, 11) is 0. The Morgan fingerprint density at radius 3 is 2.90 bits per heavy atom. The number of fused-ring (bicyclic) bond motifs is 2. The maximum atomic E-state index is 15.3. The molecule has 162 valence electrons. The third-order valence-corrected chi connectivity index (χ3v) is 5.37. The highest BCUT2D eigenvalue weighted by Gasteiger charge is 2.32. The molecule has 2 aliphatic heterocycles. The number of halogens is 1. The molecule has 0 bridgehead atoms. The monoisotopic (exact) mass is 430 g/mol. The number of aryl methyl sites for hydroxylation is 2. The normalized spacial score (nSPS) is 25.8. The average Bonchev–Trinajstić information content (AvgIpc) is 2.75. The molecule has 0 N–H and O–H groups in total. The van der Waals surface area contributed by atoms with E-state index < -0.39 is 25.5 Å². The second-order valence-electron chi connectivity index (χ2n) is 7.57. The van der Waals surface area contributed by atoms with Gasteiger partial charge in [-0.15, -0.1) is 5.10 Å². The van der Waals surface area contributed by atoms with Gasteiger partial charge in [-0.25, -0.2) is 9.37 Å². The van der Waals surface area contributed by atoms with Gasteiger partial charge >= 0.3 is 0 Å². The van der Waals surface area contributed by atoms with Crippen molar-refractivity contribution in [3.63, 3.8) is 0 Å². The minimum absolute atomic E-state index is 0.0180. The molecular formula is C22H23FN4O4. The summed E-state index contributed by atoms with van der Waals surface area (Å²) in [5.41, 5.74) is 1.23. The number of aromatic nitrogens is 3. The first-order valence-corrected chi connectivity index (χ1v) is 9.91. The highest BCUT2D eigenvalue weighted by molar-refractivity contribution is 5.53. The van der Waals surface area contributed by atoms with Gasteiger partial charge in [0.1, 0.15) is 25.0 Å². The Hall–Kier alpha value is -3.36. The number of ether oxygens (including phenoxy) is 3. The Kier molecular flexibility index (Phi) is 3.84. The zero-order valence-electron chi connectivity index (χ0n) is 21.0. The Labute approximate surface area is 183 Å². The first-order chi connectivity index (χ1) is 16.4. The van der Waals surface area contributed by atoms with Crippen LogP contribution in [0.2, 0.25) is 0 Å². The van der Waals surface area contributed by atoms with Gasteiger partial charge in [0.25, 0.3) is 5.56 Å². The second kappa shape index (κ2) is 7.72. The molecule has 1 saturated heterocycles. The number of hydrogen-bond donors (Lipinski definition) is 0. The van der Waals surface area contributed by atoms with E-state index >= 15 is 4.39 Å². The number of piperidine rings is 1. The van der Waals surface area contributed by atoms with E-state index in [1.54, 1.807) is 26.0 Å². The van der Waals surface area contributed by atoms with Gasteiger partial charge < -0.3 is 19.1 Å². The molecule has 0 spiro atoms. The molecule has 2 aromatic heterocycles. The van der Waals surface area contributed by atoms with Crippen LogP contribution < -0.4 is 24.7 Å². The molecule has 31 heavy (non-hydrogen) atoms. The van der Waals surface area contributed by atoms with E-state index in [9.17, 15) is 4.79 Å². The summed E-state index contributed by atoms with van der Waals surface area (Å²) >= 11 is 0. The zero-order valence-corrected chi connectivity index (χ0v) is 17.0. The molecule has 3 aromatic rings. The molecule has 0 aliphatic carbocycles. The van der Waals surface area contributed by atoms with Crippen LogP contribution in [0.25, 0.3) is 5.65 Å². The van der Waals surface area contributed by atoms with Gasteiger partial charge in [0.15, 0.2) is 29.3 Å². The maximum absolute atomic E-state index is 15.3. The molecule has 8 nitrogen and oxygen atoms in total. The number of hydrogen-bond acceptors (Lipinski definition) is 7. The highest BCUT2D eigenvalue weighted by Crippen LogP contribution is 2.38. The van der Waals surface area contributed by atoms with Crippen molar-refractivity contribution >= 4 is 11.5 Å². The van der Waals surface area contributed by atoms with Crippen molar-refractivity contribution in [3.05, 3.63) is 51.9 Å². The van der Waals surface area contributed by atoms with Crippen LogP contribution in [-0.2, 0) is 0 Å². The van der Waals surface area contributed by atoms with Crippen LogP contribution >= 0.6 is 0 Å². The van der Waals surface area contributed by atoms with Crippen LogP contribution in [0.15, 0.2) is 35.3 Å². The van der Waals surface area contributed by atoms with Crippen LogP contribution in [-0.4, -0.2) is 46.7 Å². The smallest absolute Gasteiger partial charge is 0.274 e. The SMILES string of the molecule is [2H]C1([2H])Oc2cc(O[C@H]3CCN(c4nn5c(=O)ccnc5cc4C)[C@H](F)C3)cc(C)c2OC1([2H])[2H]. The summed E-state index contributed by atoms with van der Waals surface area (Å²) in [4.78, 5) is 17.8. The van der Waals surface area contributed by atoms with E-state index in [0.717, 1.165) is 4.52 Å². The lowest BCUT2D eigenvalue weighted by atomic mass is 10.1. The minimum Gasteiger partial charge on any atom is -0.490 e. The van der Waals surface area contributed by atoms with E-state index in [0.29, 0.717) is 41.3 Å². The fourth-order valence-electron chi connectivity index (χ4n) is 3.89. The Morgan fingerprint density at radius 2 is 2.06 bits per heavy atom. The van der Waals surface area contributed by atoms with Gasteiger partial charge in [-0.05, 0) is 37.1 Å². The summed E-state index contributed by atoms with van der Waals surface area (Å²) < 4.78 is 63.9. The van der Waals surface area contributed by atoms with Crippen LogP contribution in [0.5, 0.6) is 17.2 Å². The number of benzene rings is 1. The van der Waals surface area contributed by atoms with E-state index in [-0.39, 0.29) is 23.5 Å². The summed E-state index contributed by atoms with van der Waals surface area (Å²) in [5, 5.41) is 4.33. The lowest BCUT2D eigenvalue weighted by Gasteiger charge is -2.36. The summed E-state index contributed by atoms with van der Waals surface area (Å²) in [6, 6.07) is 6.02. The standard InChI is InChI=1S/C22H23FN4O4/c1-13-9-16(11-17-21(13)30-8-7-29-17)31-15-4-6-26(18(23)12-15)22-14(2)10-19-24-5-3-20(28)27(19)25-22/h3,5,9-11,15,18H,4,6-8,12H2,1-2H3/t15-,18-/m0/s1/i7D2,8D2. The molecule has 2 aliphatic rings. The minimum atomic E-state index is -2.69. The first-order valence-electron chi connectivity index (χ1n) is 11.9. The third-order valence-electron chi connectivity index (χ3n) is 5.37. The number of anilines is 1. The van der Waals surface area contributed by atoms with Crippen molar-refractivity contribution < 1.29 is 24.1 Å². The van der Waals surface area contributed by atoms with Crippen molar-refractivity contribution in [1.82, 2.24) is 14.6 Å². The lowest BCUT2D eigenvalue weighted by molar-refractivity contribution is 0.111. The van der Waals surface area contributed by atoms with E-state index in [2.05, 4.69) is 10.1 Å². The predicted molar refractivity (Wildman–Crippen MR) is 112 cm³/mol. The van der Waals surface area contributed by atoms with E-state index in [1.807, 2.05) is 0 Å². The van der Waals surface area contributed by atoms with Crippen molar-refractivity contribution in [1.29, 1.82) is 0 Å². The van der Waals surface area contributed by atoms with Crippen molar-refractivity contribution in [3.8, 4) is 17.2 Å². The van der Waals surface area contributed by atoms with E-state index in [4.69, 9.17) is 19.7 Å². The maximum Gasteiger partial charge on any atom is 0.274 e. The topological polar surface area (TPSA) is 78.2 Å². The van der Waals surface area contributed by atoms with Crippen LogP contribution in [0.1, 0.15) is 29.5 Å². The molecule has 2 atom stereocenters. The number of rotatable bonds is 3. The third kappa shape index (κ3) is 3.64. The highest BCUT2D eigenvalue weighted by atomic mass is 19.1. The number of nitrogens with zero attached hydrogens (tertiary/aromatic N) is 4. The lowest BCUT2D eigenvalue weighted by Crippen LogP contribution is -2.45. The van der Waals surface area contributed by atoms with Gasteiger partial charge in [-0.2, -0.15) is 4.52 Å². The first kappa shape index (κ1) is 15.4. The predicted octanol–water partition coefficient (Wildman–Crippen LogP) is 2.82. The molecular weight excluding hydrogens is 403 g/mol. The quantitative estimate of drug-likeness (QED) is 0.591.